The number of piperidine rings is 1. The molecular formula is C26H23FN4O2. The van der Waals surface area contributed by atoms with Gasteiger partial charge in [0.1, 0.15) is 17.3 Å². The van der Waals surface area contributed by atoms with Crippen LogP contribution >= 0.6 is 0 Å². The smallest absolute Gasteiger partial charge is 0.245 e. The molecule has 1 saturated heterocycles. The number of aromatic amines is 1. The van der Waals surface area contributed by atoms with E-state index in [1.54, 1.807) is 12.1 Å². The third-order valence-electron chi connectivity index (χ3n) is 6.01. The van der Waals surface area contributed by atoms with Crippen LogP contribution in [-0.4, -0.2) is 39.1 Å². The molecule has 1 N–H and O–H groups in total. The summed E-state index contributed by atoms with van der Waals surface area (Å²) in [4.78, 5) is 18.7. The predicted molar refractivity (Wildman–Crippen MR) is 125 cm³/mol. The van der Waals surface area contributed by atoms with Gasteiger partial charge in [-0.05, 0) is 61.4 Å². The van der Waals surface area contributed by atoms with Crippen molar-refractivity contribution in [3.63, 3.8) is 0 Å². The highest BCUT2D eigenvalue weighted by Gasteiger charge is 2.24. The number of benzene rings is 2. The van der Waals surface area contributed by atoms with Gasteiger partial charge in [-0.25, -0.2) is 4.39 Å². The summed E-state index contributed by atoms with van der Waals surface area (Å²) in [6, 6.07) is 15.7. The lowest BCUT2D eigenvalue weighted by molar-refractivity contribution is -0.127. The van der Waals surface area contributed by atoms with E-state index in [2.05, 4.69) is 22.8 Å². The van der Waals surface area contributed by atoms with E-state index in [4.69, 9.17) is 9.72 Å². The number of carbonyl (C=O) groups excluding carboxylic acids is 1. The van der Waals surface area contributed by atoms with Gasteiger partial charge in [0.05, 0.1) is 17.4 Å². The molecule has 7 heteroatoms. The van der Waals surface area contributed by atoms with Crippen molar-refractivity contribution in [2.45, 2.75) is 18.8 Å². The Hall–Kier alpha value is -4.00. The molecule has 1 amide bonds. The fraction of sp³-hybridized carbons (Fsp3) is 0.192. The number of pyridine rings is 1. The van der Waals surface area contributed by atoms with Crippen LogP contribution in [-0.2, 0) is 4.79 Å². The number of hydrogen-bond acceptors (Lipinski definition) is 4. The average Bonchev–Trinajstić information content (AvgIpc) is 3.32. The van der Waals surface area contributed by atoms with Gasteiger partial charge in [0.2, 0.25) is 5.91 Å². The zero-order chi connectivity index (χ0) is 22.8. The van der Waals surface area contributed by atoms with Gasteiger partial charge in [0.15, 0.2) is 0 Å². The molecule has 2 aromatic carbocycles. The van der Waals surface area contributed by atoms with Crippen LogP contribution in [0.4, 0.5) is 4.39 Å². The summed E-state index contributed by atoms with van der Waals surface area (Å²) in [5.74, 6) is 0.965. The molecule has 2 aromatic heterocycles. The third kappa shape index (κ3) is 4.35. The second-order valence-corrected chi connectivity index (χ2v) is 8.12. The van der Waals surface area contributed by atoms with Crippen LogP contribution in [0.15, 0.2) is 73.4 Å². The zero-order valence-electron chi connectivity index (χ0n) is 18.0. The summed E-state index contributed by atoms with van der Waals surface area (Å²) in [5, 5.41) is 8.27. The average molecular weight is 442 g/mol. The van der Waals surface area contributed by atoms with Gasteiger partial charge in [0.25, 0.3) is 0 Å². The number of fused-ring (bicyclic) bond motifs is 1. The van der Waals surface area contributed by atoms with E-state index < -0.39 is 0 Å². The van der Waals surface area contributed by atoms with E-state index in [-0.39, 0.29) is 17.6 Å². The molecule has 1 fully saturated rings. The Morgan fingerprint density at radius 1 is 1.12 bits per heavy atom. The number of amides is 1. The summed E-state index contributed by atoms with van der Waals surface area (Å²) < 4.78 is 19.2. The number of rotatable bonds is 5. The summed E-state index contributed by atoms with van der Waals surface area (Å²) in [5.41, 5.74) is 3.63. The Labute approximate surface area is 190 Å². The minimum Gasteiger partial charge on any atom is -0.457 e. The first-order valence-electron chi connectivity index (χ1n) is 10.9. The molecule has 3 heterocycles. The van der Waals surface area contributed by atoms with E-state index in [0.29, 0.717) is 24.6 Å². The Bertz CT molecular complexity index is 1310. The molecule has 0 saturated carbocycles. The van der Waals surface area contributed by atoms with E-state index in [1.165, 1.54) is 18.2 Å². The number of ether oxygens (including phenoxy) is 1. The maximum absolute atomic E-state index is 13.4. The van der Waals surface area contributed by atoms with Crippen molar-refractivity contribution in [2.24, 2.45) is 0 Å². The van der Waals surface area contributed by atoms with Crippen molar-refractivity contribution in [3.8, 4) is 22.8 Å². The number of carbonyl (C=O) groups is 1. The van der Waals surface area contributed by atoms with Crippen molar-refractivity contribution in [1.29, 1.82) is 0 Å². The molecular weight excluding hydrogens is 419 g/mol. The van der Waals surface area contributed by atoms with Crippen LogP contribution < -0.4 is 4.74 Å². The Morgan fingerprint density at radius 3 is 2.64 bits per heavy atom. The van der Waals surface area contributed by atoms with E-state index >= 15 is 0 Å². The van der Waals surface area contributed by atoms with Gasteiger partial charge in [-0.3, -0.25) is 14.9 Å². The first-order chi connectivity index (χ1) is 16.1. The van der Waals surface area contributed by atoms with Crippen molar-refractivity contribution < 1.29 is 13.9 Å². The molecule has 33 heavy (non-hydrogen) atoms. The lowest BCUT2D eigenvalue weighted by atomic mass is 9.92. The molecule has 1 aliphatic heterocycles. The lowest BCUT2D eigenvalue weighted by Crippen LogP contribution is -2.36. The van der Waals surface area contributed by atoms with Gasteiger partial charge < -0.3 is 9.64 Å². The van der Waals surface area contributed by atoms with Crippen molar-refractivity contribution in [1.82, 2.24) is 20.1 Å². The van der Waals surface area contributed by atoms with Crippen molar-refractivity contribution >= 4 is 16.8 Å². The standard InChI is InChI=1S/C26H23FN4O2/c1-2-24(32)31-12-10-17(11-13-31)23-14-19-16-28-30-26(19)25(29-23)18-6-8-21(9-7-18)33-22-5-3-4-20(27)15-22/h2-9,14-17H,1,10-13H2,(H,28,30). The number of halogens is 1. The quantitative estimate of drug-likeness (QED) is 0.417. The van der Waals surface area contributed by atoms with Gasteiger partial charge in [-0.15, -0.1) is 0 Å². The lowest BCUT2D eigenvalue weighted by Gasteiger charge is -2.31. The first kappa shape index (κ1) is 20.9. The topological polar surface area (TPSA) is 71.1 Å². The van der Waals surface area contributed by atoms with Crippen LogP contribution in [0.5, 0.6) is 11.5 Å². The summed E-state index contributed by atoms with van der Waals surface area (Å²) >= 11 is 0. The van der Waals surface area contributed by atoms with E-state index in [9.17, 15) is 9.18 Å². The molecule has 4 aromatic rings. The highest BCUT2D eigenvalue weighted by Crippen LogP contribution is 2.34. The third-order valence-corrected chi connectivity index (χ3v) is 6.01. The highest BCUT2D eigenvalue weighted by atomic mass is 19.1. The molecule has 166 valence electrons. The molecule has 0 aliphatic carbocycles. The Kier molecular flexibility index (Phi) is 5.60. The number of H-pyrrole nitrogens is 1. The monoisotopic (exact) mass is 442 g/mol. The van der Waals surface area contributed by atoms with Gasteiger partial charge in [-0.2, -0.15) is 5.10 Å². The van der Waals surface area contributed by atoms with Crippen LogP contribution in [0, 0.1) is 5.82 Å². The number of nitrogens with zero attached hydrogens (tertiary/aromatic N) is 3. The predicted octanol–water partition coefficient (Wildman–Crippen LogP) is 5.45. The summed E-state index contributed by atoms with van der Waals surface area (Å²) in [7, 11) is 0. The molecule has 0 bridgehead atoms. The van der Waals surface area contributed by atoms with Gasteiger partial charge in [-0.1, -0.05) is 12.6 Å². The maximum atomic E-state index is 13.4. The molecule has 0 radical (unpaired) electrons. The highest BCUT2D eigenvalue weighted by molar-refractivity contribution is 5.91. The van der Waals surface area contributed by atoms with Gasteiger partial charge in [0, 0.05) is 41.7 Å². The van der Waals surface area contributed by atoms with Crippen molar-refractivity contribution in [3.05, 3.63) is 85.0 Å². The van der Waals surface area contributed by atoms with E-state index in [1.807, 2.05) is 35.4 Å². The molecule has 5 rings (SSSR count). The van der Waals surface area contributed by atoms with Crippen LogP contribution in [0.2, 0.25) is 0 Å². The maximum Gasteiger partial charge on any atom is 0.245 e. The second kappa shape index (κ2) is 8.86. The molecule has 0 atom stereocenters. The largest absolute Gasteiger partial charge is 0.457 e. The van der Waals surface area contributed by atoms with Crippen molar-refractivity contribution in [2.75, 3.05) is 13.1 Å². The van der Waals surface area contributed by atoms with Crippen LogP contribution in [0.3, 0.4) is 0 Å². The summed E-state index contributed by atoms with van der Waals surface area (Å²) in [6.07, 6.45) is 4.89. The van der Waals surface area contributed by atoms with Crippen LogP contribution in [0.1, 0.15) is 24.5 Å². The number of nitrogens with one attached hydrogen (secondary N) is 1. The number of hydrogen-bond donors (Lipinski definition) is 1. The Morgan fingerprint density at radius 2 is 1.91 bits per heavy atom. The van der Waals surface area contributed by atoms with Gasteiger partial charge >= 0.3 is 0 Å². The second-order valence-electron chi connectivity index (χ2n) is 8.12. The first-order valence-corrected chi connectivity index (χ1v) is 10.9. The van der Waals surface area contributed by atoms with E-state index in [0.717, 1.165) is 40.7 Å². The SMILES string of the molecule is C=CC(=O)N1CCC(c2cc3cn[nH]c3c(-c3ccc(Oc4cccc(F)c4)cc3)n2)CC1. The fourth-order valence-electron chi connectivity index (χ4n) is 4.26. The minimum atomic E-state index is -0.341. The zero-order valence-corrected chi connectivity index (χ0v) is 18.0. The number of likely N-dealkylation sites (tertiary alicyclic amines) is 1. The Balaban J connectivity index is 1.41. The normalized spacial score (nSPS) is 14.4. The molecule has 6 nitrogen and oxygen atoms in total. The fourth-order valence-corrected chi connectivity index (χ4v) is 4.26. The minimum absolute atomic E-state index is 0.0204. The molecule has 1 aliphatic rings. The molecule has 0 spiro atoms. The molecule has 0 unspecified atom stereocenters. The van der Waals surface area contributed by atoms with Crippen LogP contribution in [0.25, 0.3) is 22.2 Å². The summed E-state index contributed by atoms with van der Waals surface area (Å²) in [6.45, 7) is 4.97. The number of aromatic nitrogens is 3.